The summed E-state index contributed by atoms with van der Waals surface area (Å²) in [5, 5.41) is 4.46. The van der Waals surface area contributed by atoms with Crippen molar-refractivity contribution < 1.29 is 4.79 Å². The summed E-state index contributed by atoms with van der Waals surface area (Å²) in [5.74, 6) is 0.902. The van der Waals surface area contributed by atoms with Gasteiger partial charge in [-0.2, -0.15) is 5.10 Å². The van der Waals surface area contributed by atoms with Crippen LogP contribution in [-0.2, 0) is 17.9 Å². The van der Waals surface area contributed by atoms with Crippen molar-refractivity contribution in [2.45, 2.75) is 47.2 Å². The Hall–Kier alpha value is -2.11. The fourth-order valence-corrected chi connectivity index (χ4v) is 2.26. The minimum Gasteiger partial charge on any atom is -0.345 e. The van der Waals surface area contributed by atoms with Gasteiger partial charge in [0.05, 0.1) is 12.2 Å². The van der Waals surface area contributed by atoms with Crippen molar-refractivity contribution in [3.63, 3.8) is 0 Å². The molecule has 0 aromatic carbocycles. The average molecular weight is 289 g/mol. The molecule has 1 N–H and O–H groups in total. The van der Waals surface area contributed by atoms with E-state index in [1.807, 2.05) is 25.5 Å². The number of hydrogen-bond donors (Lipinski definition) is 1. The lowest BCUT2D eigenvalue weighted by Gasteiger charge is -2.16. The third-order valence-electron chi connectivity index (χ3n) is 3.85. The highest BCUT2D eigenvalue weighted by atomic mass is 16.2. The van der Waals surface area contributed by atoms with Gasteiger partial charge in [0.1, 0.15) is 5.82 Å². The molecule has 0 aliphatic rings. The van der Waals surface area contributed by atoms with Gasteiger partial charge < -0.3 is 9.88 Å². The first-order chi connectivity index (χ1) is 9.88. The Morgan fingerprint density at radius 3 is 2.57 bits per heavy atom. The molecule has 0 saturated heterocycles. The fourth-order valence-electron chi connectivity index (χ4n) is 2.26. The summed E-state index contributed by atoms with van der Waals surface area (Å²) in [7, 11) is 1.80. The number of carbonyl (C=O) groups is 1. The molecule has 1 amide bonds. The molecular formula is C15H23N5O. The van der Waals surface area contributed by atoms with Crippen LogP contribution in [-0.4, -0.2) is 37.6 Å². The molecule has 0 aliphatic carbocycles. The highest BCUT2D eigenvalue weighted by molar-refractivity contribution is 5.75. The van der Waals surface area contributed by atoms with E-state index in [2.05, 4.69) is 22.0 Å². The highest BCUT2D eigenvalue weighted by Gasteiger charge is 2.13. The van der Waals surface area contributed by atoms with Crippen LogP contribution in [0.4, 0.5) is 0 Å². The van der Waals surface area contributed by atoms with Gasteiger partial charge in [0, 0.05) is 37.6 Å². The van der Waals surface area contributed by atoms with Crippen molar-refractivity contribution in [1.29, 1.82) is 0 Å². The van der Waals surface area contributed by atoms with Crippen LogP contribution in [0.1, 0.15) is 34.9 Å². The van der Waals surface area contributed by atoms with E-state index >= 15 is 0 Å². The molecule has 0 atom stereocenters. The molecule has 2 aromatic heterocycles. The first-order valence-electron chi connectivity index (χ1n) is 7.13. The summed E-state index contributed by atoms with van der Waals surface area (Å²) in [5.41, 5.74) is 4.36. The molecule has 21 heavy (non-hydrogen) atoms. The van der Waals surface area contributed by atoms with Crippen LogP contribution in [0.15, 0.2) is 6.20 Å². The second-order valence-corrected chi connectivity index (χ2v) is 5.53. The Kier molecular flexibility index (Phi) is 4.45. The zero-order chi connectivity index (χ0) is 15.6. The van der Waals surface area contributed by atoms with Gasteiger partial charge in [0.15, 0.2) is 0 Å². The van der Waals surface area contributed by atoms with E-state index in [4.69, 9.17) is 0 Å². The van der Waals surface area contributed by atoms with Crippen LogP contribution in [0.3, 0.4) is 0 Å². The SMILES string of the molecule is Cc1cnc(CN(C)C(=O)CCn2nc(C)c(C)c2C)[nH]1. The third kappa shape index (κ3) is 3.51. The molecule has 6 nitrogen and oxygen atoms in total. The molecule has 2 aromatic rings. The lowest BCUT2D eigenvalue weighted by atomic mass is 10.2. The Balaban J connectivity index is 1.90. The topological polar surface area (TPSA) is 66.8 Å². The van der Waals surface area contributed by atoms with E-state index in [9.17, 15) is 4.79 Å². The van der Waals surface area contributed by atoms with Crippen LogP contribution in [0.2, 0.25) is 0 Å². The zero-order valence-electron chi connectivity index (χ0n) is 13.4. The normalized spacial score (nSPS) is 10.9. The van der Waals surface area contributed by atoms with Gasteiger partial charge in [-0.05, 0) is 33.3 Å². The van der Waals surface area contributed by atoms with Gasteiger partial charge in [-0.1, -0.05) is 0 Å². The quantitative estimate of drug-likeness (QED) is 0.914. The van der Waals surface area contributed by atoms with Crippen molar-refractivity contribution in [1.82, 2.24) is 24.6 Å². The molecule has 0 radical (unpaired) electrons. The first-order valence-corrected chi connectivity index (χ1v) is 7.13. The Morgan fingerprint density at radius 2 is 2.05 bits per heavy atom. The summed E-state index contributed by atoms with van der Waals surface area (Å²) >= 11 is 0. The fraction of sp³-hybridized carbons (Fsp3) is 0.533. The van der Waals surface area contributed by atoms with Crippen molar-refractivity contribution >= 4 is 5.91 Å². The number of aromatic nitrogens is 4. The average Bonchev–Trinajstić information content (AvgIpc) is 2.95. The maximum Gasteiger partial charge on any atom is 0.224 e. The Bertz CT molecular complexity index is 641. The van der Waals surface area contributed by atoms with E-state index in [0.29, 0.717) is 19.5 Å². The summed E-state index contributed by atoms with van der Waals surface area (Å²) < 4.78 is 1.91. The van der Waals surface area contributed by atoms with Crippen molar-refractivity contribution in [3.8, 4) is 0 Å². The summed E-state index contributed by atoms with van der Waals surface area (Å²) in [6.07, 6.45) is 2.21. The number of imidazole rings is 1. The number of aromatic amines is 1. The van der Waals surface area contributed by atoms with Crippen LogP contribution < -0.4 is 0 Å². The predicted octanol–water partition coefficient (Wildman–Crippen LogP) is 1.89. The molecule has 0 fully saturated rings. The smallest absolute Gasteiger partial charge is 0.224 e. The second kappa shape index (κ2) is 6.11. The van der Waals surface area contributed by atoms with Crippen molar-refractivity contribution in [3.05, 3.63) is 34.7 Å². The van der Waals surface area contributed by atoms with E-state index in [-0.39, 0.29) is 5.91 Å². The standard InChI is InChI=1S/C15H23N5O/c1-10-8-16-14(17-10)9-19(5)15(21)6-7-20-13(4)11(2)12(3)18-20/h8H,6-7,9H2,1-5H3,(H,16,17). The largest absolute Gasteiger partial charge is 0.345 e. The van der Waals surface area contributed by atoms with E-state index in [0.717, 1.165) is 22.9 Å². The van der Waals surface area contributed by atoms with Crippen LogP contribution in [0.25, 0.3) is 0 Å². The number of rotatable bonds is 5. The van der Waals surface area contributed by atoms with Gasteiger partial charge in [-0.15, -0.1) is 0 Å². The van der Waals surface area contributed by atoms with E-state index in [1.54, 1.807) is 18.1 Å². The lowest BCUT2D eigenvalue weighted by molar-refractivity contribution is -0.130. The van der Waals surface area contributed by atoms with Gasteiger partial charge in [-0.25, -0.2) is 4.98 Å². The summed E-state index contributed by atoms with van der Waals surface area (Å²) in [4.78, 5) is 21.2. The number of H-pyrrole nitrogens is 1. The van der Waals surface area contributed by atoms with Crippen molar-refractivity contribution in [2.24, 2.45) is 0 Å². The molecule has 0 spiro atoms. The molecule has 0 unspecified atom stereocenters. The number of hydrogen-bond acceptors (Lipinski definition) is 3. The monoisotopic (exact) mass is 289 g/mol. The van der Waals surface area contributed by atoms with Crippen LogP contribution in [0, 0.1) is 27.7 Å². The molecule has 6 heteroatoms. The zero-order valence-corrected chi connectivity index (χ0v) is 13.4. The summed E-state index contributed by atoms with van der Waals surface area (Å²) in [6, 6.07) is 0. The predicted molar refractivity (Wildman–Crippen MR) is 80.9 cm³/mol. The Morgan fingerprint density at radius 1 is 1.33 bits per heavy atom. The first kappa shape index (κ1) is 15.3. The van der Waals surface area contributed by atoms with Gasteiger partial charge >= 0.3 is 0 Å². The van der Waals surface area contributed by atoms with Crippen molar-refractivity contribution in [2.75, 3.05) is 7.05 Å². The van der Waals surface area contributed by atoms with E-state index in [1.165, 1.54) is 5.56 Å². The highest BCUT2D eigenvalue weighted by Crippen LogP contribution is 2.11. The molecular weight excluding hydrogens is 266 g/mol. The molecule has 2 rings (SSSR count). The molecule has 0 saturated carbocycles. The number of aryl methyl sites for hydroxylation is 3. The molecule has 2 heterocycles. The molecule has 114 valence electrons. The second-order valence-electron chi connectivity index (χ2n) is 5.53. The van der Waals surface area contributed by atoms with Gasteiger partial charge in [0.25, 0.3) is 0 Å². The van der Waals surface area contributed by atoms with Gasteiger partial charge in [-0.3, -0.25) is 9.48 Å². The van der Waals surface area contributed by atoms with Gasteiger partial charge in [0.2, 0.25) is 5.91 Å². The number of carbonyl (C=O) groups excluding carboxylic acids is 1. The molecule has 0 aliphatic heterocycles. The van der Waals surface area contributed by atoms with Crippen LogP contribution >= 0.6 is 0 Å². The minimum absolute atomic E-state index is 0.0919. The Labute approximate surface area is 125 Å². The third-order valence-corrected chi connectivity index (χ3v) is 3.85. The van der Waals surface area contributed by atoms with Crippen LogP contribution in [0.5, 0.6) is 0 Å². The molecule has 0 bridgehead atoms. The number of nitrogens with one attached hydrogen (secondary N) is 1. The maximum absolute atomic E-state index is 12.2. The summed E-state index contributed by atoms with van der Waals surface area (Å²) in [6.45, 7) is 9.15. The minimum atomic E-state index is 0.0919. The maximum atomic E-state index is 12.2. The number of amides is 1. The number of nitrogens with zero attached hydrogens (tertiary/aromatic N) is 4. The van der Waals surface area contributed by atoms with E-state index < -0.39 is 0 Å². The lowest BCUT2D eigenvalue weighted by Crippen LogP contribution is -2.27.